The summed E-state index contributed by atoms with van der Waals surface area (Å²) in [6.45, 7) is -0.164. The third kappa shape index (κ3) is 5.53. The van der Waals surface area contributed by atoms with Crippen LogP contribution >= 0.6 is 0 Å². The highest BCUT2D eigenvalue weighted by atomic mass is 32.2. The summed E-state index contributed by atoms with van der Waals surface area (Å²) >= 11 is 0. The molecule has 0 saturated carbocycles. The molecular formula is C16H15F3N2O4S. The number of alkyl halides is 3. The smallest absolute Gasteiger partial charge is 0.416 e. The largest absolute Gasteiger partial charge is 0.465 e. The molecule has 0 saturated heterocycles. The predicted octanol–water partition coefficient (Wildman–Crippen LogP) is 2.51. The molecule has 1 heterocycles. The molecule has 0 aliphatic heterocycles. The molecule has 0 aliphatic carbocycles. The summed E-state index contributed by atoms with van der Waals surface area (Å²) in [5.41, 5.74) is -0.347. The van der Waals surface area contributed by atoms with Gasteiger partial charge in [0.25, 0.3) is 0 Å². The van der Waals surface area contributed by atoms with E-state index in [1.54, 1.807) is 0 Å². The van der Waals surface area contributed by atoms with Gasteiger partial charge >= 0.3 is 12.1 Å². The standard InChI is InChI=1S/C16H15F3N2O4S/c1-25-15(22)12-5-6-14(20-8-12)9-21-26(23,24)10-11-3-2-4-13(7-11)16(17,18)19/h2-8,21H,9-10H2,1H3. The molecule has 0 unspecified atom stereocenters. The number of nitrogens with zero attached hydrogens (tertiary/aromatic N) is 1. The van der Waals surface area contributed by atoms with Crippen molar-refractivity contribution in [3.8, 4) is 0 Å². The number of halogens is 3. The number of esters is 1. The molecule has 0 fully saturated rings. The van der Waals surface area contributed by atoms with Crippen LogP contribution in [0.3, 0.4) is 0 Å². The Morgan fingerprint density at radius 3 is 2.54 bits per heavy atom. The van der Waals surface area contributed by atoms with E-state index in [0.717, 1.165) is 18.2 Å². The maximum absolute atomic E-state index is 12.7. The van der Waals surface area contributed by atoms with Crippen molar-refractivity contribution in [2.75, 3.05) is 7.11 Å². The summed E-state index contributed by atoms with van der Waals surface area (Å²) in [6, 6.07) is 6.99. The lowest BCUT2D eigenvalue weighted by Gasteiger charge is -2.10. The predicted molar refractivity (Wildman–Crippen MR) is 86.5 cm³/mol. The van der Waals surface area contributed by atoms with Crippen molar-refractivity contribution in [3.05, 3.63) is 65.0 Å². The van der Waals surface area contributed by atoms with Gasteiger partial charge in [0.2, 0.25) is 10.0 Å². The fourth-order valence-corrected chi connectivity index (χ4v) is 3.15. The van der Waals surface area contributed by atoms with Crippen molar-refractivity contribution in [2.24, 2.45) is 0 Å². The third-order valence-corrected chi connectivity index (χ3v) is 4.63. The molecule has 0 bridgehead atoms. The minimum Gasteiger partial charge on any atom is -0.465 e. The number of benzene rings is 1. The normalized spacial score (nSPS) is 12.0. The van der Waals surface area contributed by atoms with Crippen LogP contribution in [0.2, 0.25) is 0 Å². The average Bonchev–Trinajstić information content (AvgIpc) is 2.59. The third-order valence-electron chi connectivity index (χ3n) is 3.33. The van der Waals surface area contributed by atoms with Crippen LogP contribution in [0.4, 0.5) is 13.2 Å². The molecule has 0 spiro atoms. The van der Waals surface area contributed by atoms with Crippen LogP contribution in [0.5, 0.6) is 0 Å². The number of carbonyl (C=O) groups excluding carboxylic acids is 1. The highest BCUT2D eigenvalue weighted by Gasteiger charge is 2.30. The first-order valence-electron chi connectivity index (χ1n) is 7.27. The van der Waals surface area contributed by atoms with Crippen molar-refractivity contribution in [3.63, 3.8) is 0 Å². The topological polar surface area (TPSA) is 85.4 Å². The highest BCUT2D eigenvalue weighted by molar-refractivity contribution is 7.88. The molecule has 2 aromatic rings. The van der Waals surface area contributed by atoms with Gasteiger partial charge in [0.15, 0.2) is 0 Å². The van der Waals surface area contributed by atoms with E-state index in [1.807, 2.05) is 0 Å². The summed E-state index contributed by atoms with van der Waals surface area (Å²) in [7, 11) is -2.65. The lowest BCUT2D eigenvalue weighted by Crippen LogP contribution is -2.25. The first-order valence-corrected chi connectivity index (χ1v) is 8.93. The number of hydrogen-bond donors (Lipinski definition) is 1. The van der Waals surface area contributed by atoms with Crippen LogP contribution in [0.15, 0.2) is 42.6 Å². The molecule has 140 valence electrons. The van der Waals surface area contributed by atoms with Crippen LogP contribution in [-0.2, 0) is 33.2 Å². The minimum atomic E-state index is -4.54. The zero-order chi connectivity index (χ0) is 19.4. The van der Waals surface area contributed by atoms with E-state index < -0.39 is 33.5 Å². The van der Waals surface area contributed by atoms with Crippen LogP contribution in [-0.4, -0.2) is 26.5 Å². The molecule has 1 aromatic heterocycles. The number of methoxy groups -OCH3 is 1. The van der Waals surface area contributed by atoms with Gasteiger partial charge in [0.05, 0.1) is 36.2 Å². The van der Waals surface area contributed by atoms with Crippen LogP contribution in [0.1, 0.15) is 27.2 Å². The summed E-state index contributed by atoms with van der Waals surface area (Å²) in [5, 5.41) is 0. The Morgan fingerprint density at radius 1 is 1.23 bits per heavy atom. The van der Waals surface area contributed by atoms with Crippen LogP contribution in [0.25, 0.3) is 0 Å². The number of sulfonamides is 1. The Morgan fingerprint density at radius 2 is 1.96 bits per heavy atom. The SMILES string of the molecule is COC(=O)c1ccc(CNS(=O)(=O)Cc2cccc(C(F)(F)F)c2)nc1. The number of carbonyl (C=O) groups is 1. The molecular weight excluding hydrogens is 373 g/mol. The van der Waals surface area contributed by atoms with Gasteiger partial charge in [-0.2, -0.15) is 13.2 Å². The van der Waals surface area contributed by atoms with E-state index in [2.05, 4.69) is 14.4 Å². The second kappa shape index (κ2) is 7.83. The van der Waals surface area contributed by atoms with Gasteiger partial charge in [-0.3, -0.25) is 4.98 Å². The van der Waals surface area contributed by atoms with Gasteiger partial charge in [0.1, 0.15) is 0 Å². The summed E-state index contributed by atoms with van der Waals surface area (Å²) in [6.07, 6.45) is -3.30. The molecule has 10 heteroatoms. The zero-order valence-corrected chi connectivity index (χ0v) is 14.4. The number of nitrogens with one attached hydrogen (secondary N) is 1. The van der Waals surface area contributed by atoms with E-state index in [-0.39, 0.29) is 17.7 Å². The molecule has 6 nitrogen and oxygen atoms in total. The lowest BCUT2D eigenvalue weighted by atomic mass is 10.1. The van der Waals surface area contributed by atoms with Crippen LogP contribution in [0, 0.1) is 0 Å². The number of hydrogen-bond acceptors (Lipinski definition) is 5. The second-order valence-corrected chi connectivity index (χ2v) is 7.11. The second-order valence-electron chi connectivity index (χ2n) is 5.31. The average molecular weight is 388 g/mol. The van der Waals surface area contributed by atoms with Gasteiger partial charge < -0.3 is 4.74 Å². The van der Waals surface area contributed by atoms with Crippen molar-refractivity contribution in [1.82, 2.24) is 9.71 Å². The first kappa shape index (κ1) is 19.9. The van der Waals surface area contributed by atoms with Crippen molar-refractivity contribution < 1.29 is 31.1 Å². The summed E-state index contributed by atoms with van der Waals surface area (Å²) in [4.78, 5) is 15.2. The maximum Gasteiger partial charge on any atom is 0.416 e. The van der Waals surface area contributed by atoms with E-state index in [4.69, 9.17) is 0 Å². The first-order chi connectivity index (χ1) is 12.1. The van der Waals surface area contributed by atoms with E-state index in [1.165, 1.54) is 31.5 Å². The number of ether oxygens (including phenoxy) is 1. The van der Waals surface area contributed by atoms with Gasteiger partial charge in [0, 0.05) is 6.20 Å². The van der Waals surface area contributed by atoms with Gasteiger partial charge in [-0.15, -0.1) is 0 Å². The molecule has 1 N–H and O–H groups in total. The quantitative estimate of drug-likeness (QED) is 0.769. The monoisotopic (exact) mass is 388 g/mol. The highest BCUT2D eigenvalue weighted by Crippen LogP contribution is 2.29. The minimum absolute atomic E-state index is 0.0151. The lowest BCUT2D eigenvalue weighted by molar-refractivity contribution is -0.137. The Hall–Kier alpha value is -2.46. The van der Waals surface area contributed by atoms with Crippen molar-refractivity contribution in [1.29, 1.82) is 0 Å². The fraction of sp³-hybridized carbons (Fsp3) is 0.250. The molecule has 0 atom stereocenters. The summed E-state index contributed by atoms with van der Waals surface area (Å²) < 4.78 is 68.9. The molecule has 0 aliphatic rings. The fourth-order valence-electron chi connectivity index (χ4n) is 2.06. The van der Waals surface area contributed by atoms with Gasteiger partial charge in [-0.1, -0.05) is 18.2 Å². The number of rotatable bonds is 6. The van der Waals surface area contributed by atoms with E-state index in [0.29, 0.717) is 5.69 Å². The molecule has 0 radical (unpaired) electrons. The Balaban J connectivity index is 2.02. The molecule has 1 aromatic carbocycles. The zero-order valence-electron chi connectivity index (χ0n) is 13.6. The molecule has 0 amide bonds. The van der Waals surface area contributed by atoms with Crippen LogP contribution < -0.4 is 4.72 Å². The Labute approximate surface area is 148 Å². The van der Waals surface area contributed by atoms with Gasteiger partial charge in [-0.05, 0) is 23.8 Å². The molecule has 2 rings (SSSR count). The maximum atomic E-state index is 12.7. The van der Waals surface area contributed by atoms with Gasteiger partial charge in [-0.25, -0.2) is 17.9 Å². The van der Waals surface area contributed by atoms with Crippen molar-refractivity contribution >= 4 is 16.0 Å². The van der Waals surface area contributed by atoms with Crippen molar-refractivity contribution in [2.45, 2.75) is 18.5 Å². The van der Waals surface area contributed by atoms with E-state index in [9.17, 15) is 26.4 Å². The summed E-state index contributed by atoms with van der Waals surface area (Å²) in [5.74, 6) is -1.17. The Kier molecular flexibility index (Phi) is 5.98. The Bertz CT molecular complexity index is 881. The molecule has 26 heavy (non-hydrogen) atoms. The number of pyridine rings is 1. The van der Waals surface area contributed by atoms with E-state index >= 15 is 0 Å². The number of aromatic nitrogens is 1.